The zero-order valence-corrected chi connectivity index (χ0v) is 45.6. The number of nitrogens with zero attached hydrogens (tertiary/aromatic N) is 4. The Morgan fingerprint density at radius 2 is 1.41 bits per heavy atom. The number of nitrogens with two attached hydrogens (primary N) is 2. The van der Waals surface area contributed by atoms with Crippen molar-refractivity contribution in [1.29, 1.82) is 0 Å². The molecule has 436 valence electrons. The third kappa shape index (κ3) is 18.1. The summed E-state index contributed by atoms with van der Waals surface area (Å²) in [5.41, 5.74) is 10.3. The number of benzene rings is 2. The van der Waals surface area contributed by atoms with Gasteiger partial charge in [-0.1, -0.05) is 49.9 Å². The summed E-state index contributed by atoms with van der Waals surface area (Å²) in [5.74, 6) is -4.55. The Kier molecular flexibility index (Phi) is 22.0. The second-order valence-corrected chi connectivity index (χ2v) is 26.7. The van der Waals surface area contributed by atoms with E-state index in [-0.39, 0.29) is 51.9 Å². The average Bonchev–Trinajstić information content (AvgIpc) is 4.04. The number of aromatic hydroxyl groups is 2. The highest BCUT2D eigenvalue weighted by atomic mass is 32.2. The fourth-order valence-corrected chi connectivity index (χ4v) is 11.0. The monoisotopic (exact) mass is 1220 g/mol. The van der Waals surface area contributed by atoms with Crippen LogP contribution in [0.2, 0.25) is 0 Å². The second kappa shape index (κ2) is 26.9. The fourth-order valence-electron chi connectivity index (χ4n) is 6.98. The number of carbonyl (C=O) groups is 5. The maximum absolute atomic E-state index is 13.6. The first kappa shape index (κ1) is 64.5. The number of rotatable bonds is 28. The lowest BCUT2D eigenvalue weighted by atomic mass is 9.87. The number of aromatic nitrogens is 4. The molecule has 0 bridgehead atoms. The van der Waals surface area contributed by atoms with Crippen LogP contribution in [-0.4, -0.2) is 167 Å². The third-order valence-electron chi connectivity index (χ3n) is 11.2. The molecule has 1 aliphatic heterocycles. The highest BCUT2D eigenvalue weighted by Gasteiger charge is 2.53. The van der Waals surface area contributed by atoms with Crippen LogP contribution in [0, 0.1) is 5.41 Å². The van der Waals surface area contributed by atoms with Crippen LogP contribution in [0.15, 0.2) is 61.2 Å². The molecule has 10 atom stereocenters. The summed E-state index contributed by atoms with van der Waals surface area (Å²) in [6.07, 6.45) is -7.70. The van der Waals surface area contributed by atoms with Crippen LogP contribution in [0.25, 0.3) is 11.2 Å². The van der Waals surface area contributed by atoms with Crippen molar-refractivity contribution in [3.8, 4) is 11.5 Å². The molecule has 39 heteroatoms. The molecule has 79 heavy (non-hydrogen) atoms. The van der Waals surface area contributed by atoms with Gasteiger partial charge in [0.25, 0.3) is 0 Å². The van der Waals surface area contributed by atoms with Crippen LogP contribution < -0.4 is 32.7 Å². The topological polar surface area (TPSA) is 546 Å². The molecule has 18 N–H and O–H groups in total. The zero-order chi connectivity index (χ0) is 58.8. The molecule has 1 fully saturated rings. The molecule has 4 amide bonds. The molecule has 0 saturated carbocycles. The van der Waals surface area contributed by atoms with E-state index in [1.165, 1.54) is 48.5 Å². The highest BCUT2D eigenvalue weighted by Crippen LogP contribution is 2.78. The summed E-state index contributed by atoms with van der Waals surface area (Å²) >= 11 is 0.604. The van der Waals surface area contributed by atoms with Gasteiger partial charge in [-0.2, -0.15) is 0 Å². The number of nitrogen functional groups attached to an aromatic ring is 1. The van der Waals surface area contributed by atoms with Gasteiger partial charge < -0.3 is 87.3 Å². The highest BCUT2D eigenvalue weighted by molar-refractivity contribution is 8.26. The summed E-state index contributed by atoms with van der Waals surface area (Å²) in [5, 5.41) is 49.8. The van der Waals surface area contributed by atoms with Crippen LogP contribution in [0.3, 0.4) is 0 Å². The summed E-state index contributed by atoms with van der Waals surface area (Å²) in [6, 6.07) is 5.22. The van der Waals surface area contributed by atoms with Gasteiger partial charge in [-0.25, -0.2) is 33.2 Å². The number of phosphoric ester groups is 2. The number of imidazole rings is 1. The largest absolute Gasteiger partial charge is 0.508 e. The number of phosphoric acid groups is 2. The Labute approximate surface area is 450 Å². The molecular formula is C40H56N10O24P4S. The van der Waals surface area contributed by atoms with Crippen LogP contribution in [-0.2, 0) is 65.1 Å². The number of phenolic OH excluding ortho intramolecular Hbond substituents is 2. The summed E-state index contributed by atoms with van der Waals surface area (Å²) in [6.45, 7) is -1.62. The van der Waals surface area contributed by atoms with Gasteiger partial charge in [-0.05, 0) is 35.4 Å². The fraction of sp³-hybridized carbons (Fsp3) is 0.450. The Morgan fingerprint density at radius 1 is 0.797 bits per heavy atom. The Balaban J connectivity index is 1.09. The quantitative estimate of drug-likeness (QED) is 0.0222. The average molecular weight is 1220 g/mol. The standard InChI is InChI=1S/C40H56N10O24P4S/c1-40(2,17-72-78(68,69)77(66,67)71-16-25-31(74-76(63,64)65)30(54)38(73-25)50-19-47-29-33(42)45-18-46-34(29)50)32(55)37(58)44-12-11-26(53)43-13-14-79-39(59)28(21-5-9-23(52)10-6-21)49-35(56)24(15-70-75(60,61)62)48-36(57)27(41)20-3-7-22(51)8-4-20/h3-10,18-19,24-25,27-28,30-32,38,51-52,54-55H,11-17,41H2,1-2H3,(H,43,53)(H,44,58)(H,48,57)(H,49,56)(H,66,67)(H,68,69)(H2,42,45,46)(H2,60,61,62)(H2,63,64,65)/t24-,25+,27+,28+,30+,31+,32-,38+/m0/s1. The number of nitrogens with one attached hydrogen (secondary N) is 4. The van der Waals surface area contributed by atoms with E-state index in [1.807, 2.05) is 0 Å². The van der Waals surface area contributed by atoms with Gasteiger partial charge in [0.05, 0.1) is 26.1 Å². The number of amides is 4. The predicted octanol–water partition coefficient (Wildman–Crippen LogP) is -1.70. The Hall–Kier alpha value is -5.35. The number of aliphatic hydroxyl groups excluding tert-OH is 2. The first-order chi connectivity index (χ1) is 36.7. The van der Waals surface area contributed by atoms with E-state index in [9.17, 15) is 92.0 Å². The molecule has 3 heterocycles. The Morgan fingerprint density at radius 3 is 2.01 bits per heavy atom. The lowest BCUT2D eigenvalue weighted by Crippen LogP contribution is -2.52. The molecule has 4 aromatic rings. The Bertz CT molecular complexity index is 3020. The number of aliphatic hydroxyl groups is 2. The first-order valence-corrected chi connectivity index (χ1v) is 30.6. The van der Waals surface area contributed by atoms with Crippen LogP contribution in [0.5, 0.6) is 11.5 Å². The lowest BCUT2D eigenvalue weighted by molar-refractivity contribution is -0.136. The van der Waals surface area contributed by atoms with E-state index < -0.39 is 146 Å². The zero-order valence-electron chi connectivity index (χ0n) is 41.2. The van der Waals surface area contributed by atoms with E-state index in [0.29, 0.717) is 11.8 Å². The van der Waals surface area contributed by atoms with Gasteiger partial charge in [0.2, 0.25) is 28.7 Å². The molecule has 2 aromatic carbocycles. The smallest absolute Gasteiger partial charge is 0.470 e. The van der Waals surface area contributed by atoms with Gasteiger partial charge in [-0.15, -0.1) is 0 Å². The molecule has 0 aliphatic carbocycles. The van der Waals surface area contributed by atoms with Crippen molar-refractivity contribution in [3.63, 3.8) is 0 Å². The van der Waals surface area contributed by atoms with E-state index in [2.05, 4.69) is 45.3 Å². The number of hydrogen-bond donors (Lipinski definition) is 16. The number of phenols is 2. The minimum absolute atomic E-state index is 0.0159. The van der Waals surface area contributed by atoms with Gasteiger partial charge >= 0.3 is 30.2 Å². The second-order valence-electron chi connectivity index (χ2n) is 17.6. The maximum Gasteiger partial charge on any atom is 0.470 e. The van der Waals surface area contributed by atoms with Crippen molar-refractivity contribution in [3.05, 3.63) is 72.3 Å². The molecule has 1 saturated heterocycles. The number of anilines is 1. The van der Waals surface area contributed by atoms with Crippen molar-refractivity contribution < 1.29 is 115 Å². The molecule has 2 aromatic heterocycles. The summed E-state index contributed by atoms with van der Waals surface area (Å²) < 4.78 is 75.0. The van der Waals surface area contributed by atoms with Crippen molar-refractivity contribution in [1.82, 2.24) is 40.8 Å². The van der Waals surface area contributed by atoms with Gasteiger partial charge in [0.15, 0.2) is 17.7 Å². The normalized spacial score (nSPS) is 20.0. The minimum atomic E-state index is -5.81. The summed E-state index contributed by atoms with van der Waals surface area (Å²) in [4.78, 5) is 136. The van der Waals surface area contributed by atoms with Crippen molar-refractivity contribution >= 4 is 87.7 Å². The third-order valence-corrected chi connectivity index (χ3v) is 17.3. The van der Waals surface area contributed by atoms with Gasteiger partial charge in [0, 0.05) is 30.7 Å². The van der Waals surface area contributed by atoms with E-state index in [1.54, 1.807) is 0 Å². The first-order valence-electron chi connectivity index (χ1n) is 22.7. The number of hydrogen-bond acceptors (Lipinski definition) is 24. The van der Waals surface area contributed by atoms with Gasteiger partial charge in [0.1, 0.15) is 65.9 Å². The van der Waals surface area contributed by atoms with Crippen LogP contribution in [0.4, 0.5) is 5.82 Å². The van der Waals surface area contributed by atoms with E-state index in [4.69, 9.17) is 25.3 Å². The van der Waals surface area contributed by atoms with Crippen LogP contribution in [0.1, 0.15) is 49.7 Å². The number of ether oxygens (including phenoxy) is 1. The molecule has 5 rings (SSSR count). The van der Waals surface area contributed by atoms with Crippen LogP contribution >= 0.6 is 42.0 Å². The maximum atomic E-state index is 13.6. The molecule has 0 spiro atoms. The van der Waals surface area contributed by atoms with E-state index >= 15 is 0 Å². The molecule has 1 aliphatic rings. The molecule has 0 radical (unpaired) electrons. The van der Waals surface area contributed by atoms with Gasteiger partial charge in [-0.3, -0.25) is 46.6 Å². The van der Waals surface area contributed by atoms with Crippen molar-refractivity contribution in [2.75, 3.05) is 44.4 Å². The molecular weight excluding hydrogens is 1160 g/mol. The molecule has 2 unspecified atom stereocenters. The minimum Gasteiger partial charge on any atom is -0.508 e. The number of thioether (sulfide) groups is 1. The number of fused-ring (bicyclic) bond motifs is 1. The number of carbonyl (C=O) groups excluding carboxylic acids is 5. The lowest BCUT2D eigenvalue weighted by Gasteiger charge is -2.30. The molecule has 34 nitrogen and oxygen atoms in total. The summed E-state index contributed by atoms with van der Waals surface area (Å²) in [7, 11) is -22.2. The van der Waals surface area contributed by atoms with E-state index in [0.717, 1.165) is 31.1 Å². The van der Waals surface area contributed by atoms with Crippen molar-refractivity contribution in [2.24, 2.45) is 11.1 Å². The SMILES string of the molecule is CC(C)(COP(=O)(O)P(=O)(O)OC[C@H]1O[C@@H](n2cnc3c(N)ncnc32)[C@H](O)[C@@H]1OP(=O)(O)O)[C@@H](O)C(=O)NCCC(=O)NCCSC(=O)[C@H](NC(=O)[C@H](COP(=O)(O)O)NC(=O)[C@H](N)c1ccc(O)cc1)c1ccc(O)cc1. The van der Waals surface area contributed by atoms with Crippen molar-refractivity contribution in [2.45, 2.75) is 69.0 Å². The predicted molar refractivity (Wildman–Crippen MR) is 270 cm³/mol.